The van der Waals surface area contributed by atoms with E-state index in [1.54, 1.807) is 0 Å². The van der Waals surface area contributed by atoms with Crippen molar-refractivity contribution in [2.24, 2.45) is 4.99 Å². The monoisotopic (exact) mass is 257 g/mol. The van der Waals surface area contributed by atoms with Crippen LogP contribution < -0.4 is 0 Å². The first-order valence-corrected chi connectivity index (χ1v) is 7.01. The maximum absolute atomic E-state index is 4.99. The highest BCUT2D eigenvalue weighted by molar-refractivity contribution is 6.14. The normalized spacial score (nSPS) is 22.9. The van der Waals surface area contributed by atoms with E-state index in [4.69, 9.17) is 4.99 Å². The molecular formula is C19H15N. The lowest BCUT2D eigenvalue weighted by Gasteiger charge is -2.30. The van der Waals surface area contributed by atoms with E-state index in [0.29, 0.717) is 5.92 Å². The van der Waals surface area contributed by atoms with Gasteiger partial charge in [-0.2, -0.15) is 0 Å². The Morgan fingerprint density at radius 3 is 2.40 bits per heavy atom. The van der Waals surface area contributed by atoms with Crippen molar-refractivity contribution in [3.63, 3.8) is 0 Å². The first-order chi connectivity index (χ1) is 9.93. The van der Waals surface area contributed by atoms with Gasteiger partial charge in [0, 0.05) is 17.0 Å². The van der Waals surface area contributed by atoms with Crippen molar-refractivity contribution in [3.8, 4) is 0 Å². The third kappa shape index (κ3) is 1.75. The molecule has 20 heavy (non-hydrogen) atoms. The lowest BCUT2D eigenvalue weighted by Crippen LogP contribution is -2.25. The summed E-state index contributed by atoms with van der Waals surface area (Å²) in [6.45, 7) is 0. The van der Waals surface area contributed by atoms with E-state index < -0.39 is 0 Å². The first kappa shape index (κ1) is 11.4. The van der Waals surface area contributed by atoms with E-state index >= 15 is 0 Å². The van der Waals surface area contributed by atoms with Crippen molar-refractivity contribution < 1.29 is 0 Å². The molecular weight excluding hydrogens is 242 g/mol. The lowest BCUT2D eigenvalue weighted by molar-refractivity contribution is 0.703. The molecule has 0 saturated heterocycles. The van der Waals surface area contributed by atoms with Crippen LogP contribution in [0.4, 0.5) is 0 Å². The molecule has 2 unspecified atom stereocenters. The van der Waals surface area contributed by atoms with Gasteiger partial charge in [0.2, 0.25) is 0 Å². The fraction of sp³-hybridized carbons (Fsp3) is 0.105. The molecule has 1 aliphatic heterocycles. The number of rotatable bonds is 1. The quantitative estimate of drug-likeness (QED) is 0.729. The van der Waals surface area contributed by atoms with Gasteiger partial charge in [-0.15, -0.1) is 0 Å². The highest BCUT2D eigenvalue weighted by Crippen LogP contribution is 2.35. The van der Waals surface area contributed by atoms with Gasteiger partial charge in [-0.1, -0.05) is 78.9 Å². The van der Waals surface area contributed by atoms with Crippen LogP contribution in [0, 0.1) is 0 Å². The van der Waals surface area contributed by atoms with E-state index in [9.17, 15) is 0 Å². The summed E-state index contributed by atoms with van der Waals surface area (Å²) in [6, 6.07) is 19.3. The van der Waals surface area contributed by atoms with Gasteiger partial charge in [-0.25, -0.2) is 0 Å². The Kier molecular flexibility index (Phi) is 2.63. The number of aliphatic imine (C=N–C) groups is 1. The van der Waals surface area contributed by atoms with Crippen molar-refractivity contribution in [1.29, 1.82) is 0 Å². The average Bonchev–Trinajstić information content (AvgIpc) is 2.55. The molecule has 0 amide bonds. The van der Waals surface area contributed by atoms with Gasteiger partial charge in [-0.05, 0) is 5.56 Å². The smallest absolute Gasteiger partial charge is 0.0794 e. The van der Waals surface area contributed by atoms with Crippen LogP contribution in [0.5, 0.6) is 0 Å². The summed E-state index contributed by atoms with van der Waals surface area (Å²) in [4.78, 5) is 4.99. The Bertz CT molecular complexity index is 722. The Balaban J connectivity index is 1.93. The molecule has 4 rings (SSSR count). The van der Waals surface area contributed by atoms with Crippen LogP contribution in [0.15, 0.2) is 83.9 Å². The van der Waals surface area contributed by atoms with Crippen LogP contribution in [0.3, 0.4) is 0 Å². The summed E-state index contributed by atoms with van der Waals surface area (Å²) in [7, 11) is 0. The standard InChI is InChI=1S/C19H15N/c1-2-8-14(9-3-1)19-17-12-5-4-10-15(17)16-11-6-7-13-18(16)20-19/h1-13,16,18H. The second-order valence-electron chi connectivity index (χ2n) is 5.22. The fourth-order valence-corrected chi connectivity index (χ4v) is 3.05. The minimum atomic E-state index is 0.227. The molecule has 2 aliphatic rings. The van der Waals surface area contributed by atoms with Crippen molar-refractivity contribution in [3.05, 3.63) is 95.6 Å². The highest BCUT2D eigenvalue weighted by Gasteiger charge is 2.28. The van der Waals surface area contributed by atoms with Crippen LogP contribution in [-0.2, 0) is 0 Å². The molecule has 1 heteroatoms. The minimum absolute atomic E-state index is 0.227. The Hall–Kier alpha value is -2.41. The van der Waals surface area contributed by atoms with Gasteiger partial charge < -0.3 is 0 Å². The summed E-state index contributed by atoms with van der Waals surface area (Å²) < 4.78 is 0. The van der Waals surface area contributed by atoms with E-state index in [1.807, 2.05) is 6.07 Å². The van der Waals surface area contributed by atoms with E-state index in [0.717, 1.165) is 5.71 Å². The Morgan fingerprint density at radius 1 is 0.750 bits per heavy atom. The molecule has 2 aromatic carbocycles. The van der Waals surface area contributed by atoms with E-state index in [1.165, 1.54) is 16.7 Å². The minimum Gasteiger partial charge on any atom is -0.276 e. The topological polar surface area (TPSA) is 12.4 Å². The molecule has 0 bridgehead atoms. The van der Waals surface area contributed by atoms with Crippen LogP contribution in [-0.4, -0.2) is 11.8 Å². The molecule has 0 aromatic heterocycles. The maximum atomic E-state index is 4.99. The van der Waals surface area contributed by atoms with Gasteiger partial charge in [0.05, 0.1) is 11.8 Å². The Labute approximate surface area is 119 Å². The molecule has 0 radical (unpaired) electrons. The van der Waals surface area contributed by atoms with Crippen molar-refractivity contribution in [1.82, 2.24) is 0 Å². The summed E-state index contributed by atoms with van der Waals surface area (Å²) in [5.74, 6) is 0.378. The SMILES string of the molecule is C1=CC2N=C(c3ccccc3)c3ccccc3C2C=C1. The van der Waals surface area contributed by atoms with Crippen LogP contribution in [0.25, 0.3) is 0 Å². The van der Waals surface area contributed by atoms with Crippen LogP contribution in [0.1, 0.15) is 22.6 Å². The molecule has 1 aliphatic carbocycles. The second-order valence-corrected chi connectivity index (χ2v) is 5.22. The number of hydrogen-bond acceptors (Lipinski definition) is 1. The Morgan fingerprint density at radius 2 is 1.50 bits per heavy atom. The van der Waals surface area contributed by atoms with Gasteiger partial charge in [0.1, 0.15) is 0 Å². The first-order valence-electron chi connectivity index (χ1n) is 7.01. The third-order valence-corrected chi connectivity index (χ3v) is 4.01. The van der Waals surface area contributed by atoms with Crippen molar-refractivity contribution >= 4 is 5.71 Å². The van der Waals surface area contributed by atoms with Crippen molar-refractivity contribution in [2.75, 3.05) is 0 Å². The summed E-state index contributed by atoms with van der Waals surface area (Å²) in [5, 5.41) is 0. The van der Waals surface area contributed by atoms with Gasteiger partial charge in [0.15, 0.2) is 0 Å². The van der Waals surface area contributed by atoms with Crippen molar-refractivity contribution in [2.45, 2.75) is 12.0 Å². The molecule has 0 spiro atoms. The number of allylic oxidation sites excluding steroid dienone is 2. The number of nitrogens with zero attached hydrogens (tertiary/aromatic N) is 1. The van der Waals surface area contributed by atoms with Gasteiger partial charge in [0.25, 0.3) is 0 Å². The molecule has 2 atom stereocenters. The van der Waals surface area contributed by atoms with Gasteiger partial charge in [-0.3, -0.25) is 4.99 Å². The molecule has 0 fully saturated rings. The zero-order valence-electron chi connectivity index (χ0n) is 11.1. The molecule has 2 aromatic rings. The molecule has 1 heterocycles. The third-order valence-electron chi connectivity index (χ3n) is 4.01. The van der Waals surface area contributed by atoms with Crippen LogP contribution in [0.2, 0.25) is 0 Å². The largest absolute Gasteiger partial charge is 0.276 e. The molecule has 0 N–H and O–H groups in total. The predicted molar refractivity (Wildman–Crippen MR) is 83.3 cm³/mol. The molecule has 0 saturated carbocycles. The number of hydrogen-bond donors (Lipinski definition) is 0. The average molecular weight is 257 g/mol. The summed E-state index contributed by atoms with van der Waals surface area (Å²) >= 11 is 0. The lowest BCUT2D eigenvalue weighted by atomic mass is 9.80. The fourth-order valence-electron chi connectivity index (χ4n) is 3.05. The van der Waals surface area contributed by atoms with Crippen LogP contribution >= 0.6 is 0 Å². The number of benzene rings is 2. The van der Waals surface area contributed by atoms with Gasteiger partial charge >= 0.3 is 0 Å². The number of fused-ring (bicyclic) bond motifs is 3. The molecule has 1 nitrogen and oxygen atoms in total. The maximum Gasteiger partial charge on any atom is 0.0794 e. The summed E-state index contributed by atoms with van der Waals surface area (Å²) in [5.41, 5.74) is 4.95. The highest BCUT2D eigenvalue weighted by atomic mass is 14.8. The zero-order valence-corrected chi connectivity index (χ0v) is 11.1. The zero-order chi connectivity index (χ0) is 13.4. The second kappa shape index (κ2) is 4.61. The predicted octanol–water partition coefficient (Wildman–Crippen LogP) is 4.12. The summed E-state index contributed by atoms with van der Waals surface area (Å²) in [6.07, 6.45) is 8.68. The molecule has 96 valence electrons. The van der Waals surface area contributed by atoms with E-state index in [2.05, 4.69) is 72.8 Å². The van der Waals surface area contributed by atoms with E-state index in [-0.39, 0.29) is 6.04 Å².